The number of aryl methyl sites for hydroxylation is 2. The Bertz CT molecular complexity index is 1490. The van der Waals surface area contributed by atoms with Crippen molar-refractivity contribution in [3.05, 3.63) is 100 Å². The summed E-state index contributed by atoms with van der Waals surface area (Å²) >= 11 is 6.14. The number of rotatable bonds is 11. The average molecular weight is 610 g/mol. The molecule has 0 unspecified atom stereocenters. The van der Waals surface area contributed by atoms with Crippen molar-refractivity contribution in [3.63, 3.8) is 0 Å². The first-order valence-corrected chi connectivity index (χ1v) is 16.7. The standard InChI is InChI=1S/C33H40ClN3O4S/c1-24-12-10-11-15-27(24)22-36(32(38)23-37(42(3,40)41)30-19-18-28(34)20-25(30)2)31(21-26-13-6-4-7-14-26)33(39)35-29-16-8-5-9-17-29/h4,6-7,10-15,18-20,29,31H,5,8-9,16-17,21-23H2,1-3H3,(H,35,39)/t31-/m0/s1. The van der Waals surface area contributed by atoms with Crippen LogP contribution >= 0.6 is 11.6 Å². The van der Waals surface area contributed by atoms with Crippen molar-refractivity contribution >= 4 is 39.1 Å². The normalized spacial score (nSPS) is 14.7. The van der Waals surface area contributed by atoms with Crippen LogP contribution in [0.4, 0.5) is 5.69 Å². The van der Waals surface area contributed by atoms with Crippen LogP contribution < -0.4 is 9.62 Å². The van der Waals surface area contributed by atoms with Gasteiger partial charge >= 0.3 is 0 Å². The summed E-state index contributed by atoms with van der Waals surface area (Å²) in [7, 11) is -3.85. The first kappa shape index (κ1) is 31.6. The lowest BCUT2D eigenvalue weighted by Crippen LogP contribution is -2.55. The van der Waals surface area contributed by atoms with E-state index in [0.717, 1.165) is 59.4 Å². The molecule has 3 aromatic rings. The summed E-state index contributed by atoms with van der Waals surface area (Å²) in [6, 6.07) is 21.4. The SMILES string of the molecule is Cc1ccccc1CN(C(=O)CN(c1ccc(Cl)cc1C)S(C)(=O)=O)[C@@H](Cc1ccccc1)C(=O)NC1CCCCC1. The molecular weight excluding hydrogens is 570 g/mol. The van der Waals surface area contributed by atoms with Crippen molar-refractivity contribution in [1.29, 1.82) is 0 Å². The molecule has 1 N–H and O–H groups in total. The Morgan fingerprint density at radius 1 is 0.929 bits per heavy atom. The average Bonchev–Trinajstić information content (AvgIpc) is 2.95. The van der Waals surface area contributed by atoms with Gasteiger partial charge in [-0.25, -0.2) is 8.42 Å². The minimum atomic E-state index is -3.85. The predicted octanol–water partition coefficient (Wildman–Crippen LogP) is 5.81. The molecule has 0 bridgehead atoms. The van der Waals surface area contributed by atoms with Gasteiger partial charge in [0, 0.05) is 24.0 Å². The van der Waals surface area contributed by atoms with E-state index in [2.05, 4.69) is 5.32 Å². The minimum absolute atomic E-state index is 0.0594. The third-order valence-electron chi connectivity index (χ3n) is 7.93. The van der Waals surface area contributed by atoms with E-state index in [1.807, 2.05) is 61.5 Å². The third-order valence-corrected chi connectivity index (χ3v) is 9.29. The summed E-state index contributed by atoms with van der Waals surface area (Å²) in [5.41, 5.74) is 3.79. The first-order valence-electron chi connectivity index (χ1n) is 14.4. The highest BCUT2D eigenvalue weighted by molar-refractivity contribution is 7.92. The lowest BCUT2D eigenvalue weighted by Gasteiger charge is -2.35. The fourth-order valence-electron chi connectivity index (χ4n) is 5.56. The molecule has 0 aliphatic heterocycles. The molecule has 1 atom stereocenters. The molecule has 0 aromatic heterocycles. The monoisotopic (exact) mass is 609 g/mol. The van der Waals surface area contributed by atoms with Gasteiger partial charge in [0.2, 0.25) is 21.8 Å². The maximum Gasteiger partial charge on any atom is 0.244 e. The highest BCUT2D eigenvalue weighted by Crippen LogP contribution is 2.27. The van der Waals surface area contributed by atoms with Gasteiger partial charge in [-0.05, 0) is 67.1 Å². The summed E-state index contributed by atoms with van der Waals surface area (Å²) in [6.45, 7) is 3.43. The van der Waals surface area contributed by atoms with Crippen LogP contribution in [0.3, 0.4) is 0 Å². The second kappa shape index (κ2) is 14.2. The molecule has 1 aliphatic rings. The number of sulfonamides is 1. The van der Waals surface area contributed by atoms with Gasteiger partial charge in [-0.15, -0.1) is 0 Å². The zero-order valence-corrected chi connectivity index (χ0v) is 26.1. The van der Waals surface area contributed by atoms with Crippen LogP contribution in [0.1, 0.15) is 54.4 Å². The highest BCUT2D eigenvalue weighted by atomic mass is 35.5. The zero-order valence-electron chi connectivity index (χ0n) is 24.6. The van der Waals surface area contributed by atoms with Crippen LogP contribution in [0.2, 0.25) is 5.02 Å². The van der Waals surface area contributed by atoms with Crippen LogP contribution in [0.5, 0.6) is 0 Å². The molecule has 1 fully saturated rings. The van der Waals surface area contributed by atoms with Gasteiger partial charge in [0.25, 0.3) is 0 Å². The Balaban J connectivity index is 1.74. The molecule has 7 nitrogen and oxygen atoms in total. The van der Waals surface area contributed by atoms with Crippen LogP contribution in [0.25, 0.3) is 0 Å². The maximum absolute atomic E-state index is 14.3. The van der Waals surface area contributed by atoms with E-state index in [4.69, 9.17) is 11.6 Å². The van der Waals surface area contributed by atoms with E-state index < -0.39 is 28.5 Å². The quantitative estimate of drug-likeness (QED) is 0.297. The summed E-state index contributed by atoms with van der Waals surface area (Å²) < 4.78 is 27.2. The van der Waals surface area contributed by atoms with Gasteiger partial charge in [0.1, 0.15) is 12.6 Å². The summed E-state index contributed by atoms with van der Waals surface area (Å²) in [6.07, 6.45) is 6.48. The van der Waals surface area contributed by atoms with Crippen LogP contribution in [-0.2, 0) is 32.6 Å². The van der Waals surface area contributed by atoms with E-state index >= 15 is 0 Å². The van der Waals surface area contributed by atoms with Crippen molar-refractivity contribution < 1.29 is 18.0 Å². The van der Waals surface area contributed by atoms with Crippen molar-refractivity contribution in [2.75, 3.05) is 17.1 Å². The van der Waals surface area contributed by atoms with E-state index in [1.54, 1.807) is 30.0 Å². The Hall–Kier alpha value is -3.36. The fourth-order valence-corrected chi connectivity index (χ4v) is 6.70. The maximum atomic E-state index is 14.3. The molecule has 4 rings (SSSR count). The summed E-state index contributed by atoms with van der Waals surface area (Å²) in [5, 5.41) is 3.70. The molecule has 1 saturated carbocycles. The largest absolute Gasteiger partial charge is 0.352 e. The Labute approximate surface area is 254 Å². The van der Waals surface area contributed by atoms with Gasteiger partial charge in [-0.3, -0.25) is 13.9 Å². The summed E-state index contributed by atoms with van der Waals surface area (Å²) in [4.78, 5) is 29.9. The van der Waals surface area contributed by atoms with E-state index in [9.17, 15) is 18.0 Å². The number of anilines is 1. The molecular formula is C33H40ClN3O4S. The number of benzene rings is 3. The lowest BCUT2D eigenvalue weighted by molar-refractivity contribution is -0.140. The zero-order chi connectivity index (χ0) is 30.3. The van der Waals surface area contributed by atoms with Crippen LogP contribution in [-0.4, -0.2) is 50.0 Å². The van der Waals surface area contributed by atoms with E-state index in [0.29, 0.717) is 22.7 Å². The van der Waals surface area contributed by atoms with Gasteiger partial charge in [0.15, 0.2) is 0 Å². The molecule has 0 heterocycles. The highest BCUT2D eigenvalue weighted by Gasteiger charge is 2.34. The Morgan fingerprint density at radius 2 is 1.60 bits per heavy atom. The molecule has 3 aromatic carbocycles. The number of halogens is 1. The number of carbonyl (C=O) groups excluding carboxylic acids is 2. The Morgan fingerprint density at radius 3 is 2.24 bits per heavy atom. The summed E-state index contributed by atoms with van der Waals surface area (Å²) in [5.74, 6) is -0.681. The molecule has 224 valence electrons. The molecule has 2 amide bonds. The van der Waals surface area contributed by atoms with Crippen molar-refractivity contribution in [3.8, 4) is 0 Å². The molecule has 0 spiro atoms. The van der Waals surface area contributed by atoms with Gasteiger partial charge in [0.05, 0.1) is 11.9 Å². The van der Waals surface area contributed by atoms with Gasteiger partial charge in [-0.1, -0.05) is 85.5 Å². The molecule has 42 heavy (non-hydrogen) atoms. The second-order valence-electron chi connectivity index (χ2n) is 11.2. The fraction of sp³-hybridized carbons (Fsp3) is 0.394. The minimum Gasteiger partial charge on any atom is -0.352 e. The van der Waals surface area contributed by atoms with E-state index in [-0.39, 0.29) is 18.5 Å². The van der Waals surface area contributed by atoms with Crippen LogP contribution in [0.15, 0.2) is 72.8 Å². The number of hydrogen-bond acceptors (Lipinski definition) is 4. The number of nitrogens with zero attached hydrogens (tertiary/aromatic N) is 2. The van der Waals surface area contributed by atoms with Crippen molar-refractivity contribution in [1.82, 2.24) is 10.2 Å². The number of amides is 2. The molecule has 9 heteroatoms. The molecule has 0 saturated heterocycles. The molecule has 0 radical (unpaired) electrons. The van der Waals surface area contributed by atoms with Gasteiger partial charge in [-0.2, -0.15) is 0 Å². The smallest absolute Gasteiger partial charge is 0.244 e. The third kappa shape index (κ3) is 8.35. The van der Waals surface area contributed by atoms with Crippen LogP contribution in [0, 0.1) is 13.8 Å². The van der Waals surface area contributed by atoms with Crippen molar-refractivity contribution in [2.24, 2.45) is 0 Å². The number of hydrogen-bond donors (Lipinski definition) is 1. The second-order valence-corrected chi connectivity index (χ2v) is 13.5. The van der Waals surface area contributed by atoms with E-state index in [1.165, 1.54) is 0 Å². The van der Waals surface area contributed by atoms with Crippen molar-refractivity contribution in [2.45, 2.75) is 71.0 Å². The number of nitrogens with one attached hydrogen (secondary N) is 1. The molecule has 1 aliphatic carbocycles. The predicted molar refractivity (Wildman–Crippen MR) is 169 cm³/mol. The Kier molecular flexibility index (Phi) is 10.7. The van der Waals surface area contributed by atoms with Gasteiger partial charge < -0.3 is 10.2 Å². The first-order chi connectivity index (χ1) is 20.0. The topological polar surface area (TPSA) is 86.8 Å². The lowest BCUT2D eigenvalue weighted by atomic mass is 9.94. The number of carbonyl (C=O) groups is 2.